The normalized spacial score (nSPS) is 15.7. The maximum absolute atomic E-state index is 11.4. The van der Waals surface area contributed by atoms with Crippen LogP contribution in [0.1, 0.15) is 5.69 Å². The molecule has 3 aromatic rings. The number of allylic oxidation sites excluding steroid dienone is 2. The van der Waals surface area contributed by atoms with Gasteiger partial charge in [0.2, 0.25) is 0 Å². The average Bonchev–Trinajstić information content (AvgIpc) is 2.76. The van der Waals surface area contributed by atoms with E-state index in [1.165, 1.54) is 0 Å². The molecule has 0 aliphatic carbocycles. The highest BCUT2D eigenvalue weighted by Gasteiger charge is 2.24. The Hall–Kier alpha value is -3.73. The predicted octanol–water partition coefficient (Wildman–Crippen LogP) is 3.43. The molecule has 1 unspecified atom stereocenters. The van der Waals surface area contributed by atoms with Crippen LogP contribution in [0.3, 0.4) is 0 Å². The van der Waals surface area contributed by atoms with Gasteiger partial charge >= 0.3 is 0 Å². The van der Waals surface area contributed by atoms with Crippen molar-refractivity contribution in [3.63, 3.8) is 0 Å². The molecule has 4 rings (SSSR count). The second kappa shape index (κ2) is 9.10. The number of carbonyl (C=O) groups is 1. The molecule has 0 saturated heterocycles. The summed E-state index contributed by atoms with van der Waals surface area (Å²) in [6.07, 6.45) is 9.80. The number of aromatic nitrogens is 2. The molecule has 2 N–H and O–H groups in total. The third-order valence-corrected chi connectivity index (χ3v) is 3.95. The van der Waals surface area contributed by atoms with Gasteiger partial charge in [0.1, 0.15) is 12.3 Å². The van der Waals surface area contributed by atoms with Crippen LogP contribution in [0, 0.1) is 0 Å². The number of aldehydes is 1. The highest BCUT2D eigenvalue weighted by atomic mass is 16.1. The summed E-state index contributed by atoms with van der Waals surface area (Å²) in [6.45, 7) is 0. The van der Waals surface area contributed by atoms with Gasteiger partial charge in [-0.2, -0.15) is 0 Å². The van der Waals surface area contributed by atoms with Crippen LogP contribution in [0.2, 0.25) is 0 Å². The molecule has 2 aromatic heterocycles. The van der Waals surface area contributed by atoms with E-state index in [0.29, 0.717) is 5.70 Å². The third-order valence-electron chi connectivity index (χ3n) is 3.95. The summed E-state index contributed by atoms with van der Waals surface area (Å²) < 4.78 is 0. The Balaban J connectivity index is 0.000000299. The van der Waals surface area contributed by atoms with Gasteiger partial charge in [-0.15, -0.1) is 0 Å². The number of rotatable bonds is 3. The van der Waals surface area contributed by atoms with Crippen molar-refractivity contribution < 1.29 is 4.79 Å². The Morgan fingerprint density at radius 1 is 0.889 bits per heavy atom. The minimum Gasteiger partial charge on any atom is -0.400 e. The van der Waals surface area contributed by atoms with Crippen molar-refractivity contribution in [2.24, 2.45) is 5.73 Å². The number of hydrogen-bond acceptors (Lipinski definition) is 5. The molecule has 0 fully saturated rings. The molecule has 27 heavy (non-hydrogen) atoms. The van der Waals surface area contributed by atoms with E-state index < -0.39 is 6.04 Å². The molecule has 0 spiro atoms. The monoisotopic (exact) mass is 356 g/mol. The van der Waals surface area contributed by atoms with Gasteiger partial charge in [-0.3, -0.25) is 9.97 Å². The maximum Gasteiger partial charge on any atom is 0.148 e. The van der Waals surface area contributed by atoms with Crippen molar-refractivity contribution in [2.45, 2.75) is 6.04 Å². The van der Waals surface area contributed by atoms with Crippen LogP contribution in [0.4, 0.5) is 5.69 Å². The van der Waals surface area contributed by atoms with Crippen molar-refractivity contribution in [3.05, 3.63) is 109 Å². The molecule has 5 nitrogen and oxygen atoms in total. The van der Waals surface area contributed by atoms with Crippen LogP contribution in [0.25, 0.3) is 5.57 Å². The minimum atomic E-state index is -0.486. The molecular formula is C22H20N4O. The van der Waals surface area contributed by atoms with Crippen molar-refractivity contribution in [1.82, 2.24) is 9.97 Å². The Morgan fingerprint density at radius 3 is 2.11 bits per heavy atom. The molecule has 0 radical (unpaired) electrons. The van der Waals surface area contributed by atoms with Crippen molar-refractivity contribution in [1.29, 1.82) is 0 Å². The van der Waals surface area contributed by atoms with Gasteiger partial charge in [0, 0.05) is 41.7 Å². The summed E-state index contributed by atoms with van der Waals surface area (Å²) in [6, 6.07) is 20.6. The zero-order valence-corrected chi connectivity index (χ0v) is 14.7. The summed E-state index contributed by atoms with van der Waals surface area (Å²) in [4.78, 5) is 21.4. The smallest absolute Gasteiger partial charge is 0.148 e. The van der Waals surface area contributed by atoms with E-state index in [-0.39, 0.29) is 0 Å². The van der Waals surface area contributed by atoms with E-state index in [2.05, 4.69) is 9.97 Å². The summed E-state index contributed by atoms with van der Waals surface area (Å²) in [5.41, 5.74) is 9.20. The number of para-hydroxylation sites is 1. The zero-order chi connectivity index (χ0) is 18.9. The van der Waals surface area contributed by atoms with E-state index in [4.69, 9.17) is 5.73 Å². The van der Waals surface area contributed by atoms with Gasteiger partial charge < -0.3 is 15.4 Å². The topological polar surface area (TPSA) is 72.1 Å². The number of benzene rings is 1. The molecule has 1 aromatic carbocycles. The molecule has 5 heteroatoms. The highest BCUT2D eigenvalue weighted by Crippen LogP contribution is 2.27. The fourth-order valence-electron chi connectivity index (χ4n) is 2.66. The molecule has 1 aliphatic rings. The maximum atomic E-state index is 11.4. The van der Waals surface area contributed by atoms with Gasteiger partial charge in [-0.05, 0) is 42.5 Å². The Labute approximate surface area is 158 Å². The lowest BCUT2D eigenvalue weighted by Gasteiger charge is -2.31. The molecule has 1 atom stereocenters. The molecule has 1 aliphatic heterocycles. The van der Waals surface area contributed by atoms with Crippen LogP contribution in [-0.2, 0) is 4.79 Å². The molecule has 134 valence electrons. The quantitative estimate of drug-likeness (QED) is 0.728. The highest BCUT2D eigenvalue weighted by molar-refractivity contribution is 5.83. The first-order valence-corrected chi connectivity index (χ1v) is 8.53. The number of nitrogens with zero attached hydrogens (tertiary/aromatic N) is 3. The van der Waals surface area contributed by atoms with Crippen molar-refractivity contribution in [2.75, 3.05) is 4.90 Å². The Kier molecular flexibility index (Phi) is 6.09. The Bertz CT molecular complexity index is 882. The average molecular weight is 356 g/mol. The van der Waals surface area contributed by atoms with Crippen LogP contribution in [0.15, 0.2) is 103 Å². The van der Waals surface area contributed by atoms with Crippen LogP contribution in [0.5, 0.6) is 0 Å². The SMILES string of the molecule is NC1=CC(c2ccccn2)=CN(c2ccccc2)C1C=O.c1ccncc1. The number of hydrogen-bond donors (Lipinski definition) is 1. The van der Waals surface area contributed by atoms with E-state index >= 15 is 0 Å². The summed E-state index contributed by atoms with van der Waals surface area (Å²) in [5.74, 6) is 0. The minimum absolute atomic E-state index is 0.486. The van der Waals surface area contributed by atoms with Crippen molar-refractivity contribution in [3.8, 4) is 0 Å². The fourth-order valence-corrected chi connectivity index (χ4v) is 2.66. The van der Waals surface area contributed by atoms with Gasteiger partial charge in [-0.1, -0.05) is 30.3 Å². The van der Waals surface area contributed by atoms with E-state index in [1.807, 2.05) is 77.8 Å². The second-order valence-electron chi connectivity index (χ2n) is 5.79. The van der Waals surface area contributed by atoms with E-state index in [0.717, 1.165) is 23.2 Å². The largest absolute Gasteiger partial charge is 0.400 e. The predicted molar refractivity (Wildman–Crippen MR) is 107 cm³/mol. The fraction of sp³-hybridized carbons (Fsp3) is 0.0455. The molecule has 0 amide bonds. The molecule has 3 heterocycles. The summed E-state index contributed by atoms with van der Waals surface area (Å²) >= 11 is 0. The molecular weight excluding hydrogens is 336 g/mol. The van der Waals surface area contributed by atoms with Crippen LogP contribution >= 0.6 is 0 Å². The molecule has 0 bridgehead atoms. The number of pyridine rings is 2. The lowest BCUT2D eigenvalue weighted by atomic mass is 10.0. The third kappa shape index (κ3) is 4.67. The second-order valence-corrected chi connectivity index (χ2v) is 5.79. The Morgan fingerprint density at radius 2 is 1.56 bits per heavy atom. The zero-order valence-electron chi connectivity index (χ0n) is 14.7. The first-order valence-electron chi connectivity index (χ1n) is 8.53. The summed E-state index contributed by atoms with van der Waals surface area (Å²) in [7, 11) is 0. The van der Waals surface area contributed by atoms with Crippen LogP contribution in [-0.4, -0.2) is 22.3 Å². The van der Waals surface area contributed by atoms with E-state index in [1.54, 1.807) is 24.7 Å². The lowest BCUT2D eigenvalue weighted by molar-refractivity contribution is -0.108. The standard InChI is InChI=1S/C17H15N3O.C5H5N/c18-15-10-13(16-8-4-5-9-19-16)11-20(17(15)12-21)14-6-2-1-3-7-14;1-2-4-6-5-3-1/h1-12,17H,18H2;1-5H. The first kappa shape index (κ1) is 18.1. The number of carbonyl (C=O) groups excluding carboxylic acids is 1. The molecule has 0 saturated carbocycles. The van der Waals surface area contributed by atoms with Gasteiger partial charge in [0.05, 0.1) is 5.69 Å². The summed E-state index contributed by atoms with van der Waals surface area (Å²) in [5, 5.41) is 0. The van der Waals surface area contributed by atoms with Gasteiger partial charge in [0.25, 0.3) is 0 Å². The van der Waals surface area contributed by atoms with Gasteiger partial charge in [-0.25, -0.2) is 0 Å². The van der Waals surface area contributed by atoms with Crippen LogP contribution < -0.4 is 10.6 Å². The number of anilines is 1. The lowest BCUT2D eigenvalue weighted by Crippen LogP contribution is -2.39. The van der Waals surface area contributed by atoms with Gasteiger partial charge in [0.15, 0.2) is 0 Å². The first-order chi connectivity index (χ1) is 13.3. The van der Waals surface area contributed by atoms with E-state index in [9.17, 15) is 4.79 Å². The van der Waals surface area contributed by atoms with Crippen molar-refractivity contribution >= 4 is 17.5 Å². The number of nitrogens with two attached hydrogens (primary N) is 1.